The number of amides is 1. The van der Waals surface area contributed by atoms with Crippen LogP contribution in [0.5, 0.6) is 5.75 Å². The number of ether oxygens (including phenoxy) is 1. The SMILES string of the molecule is COc1ccc(N)c(C(=O)Nc2c(C)cccc2F)c1. The molecule has 0 unspecified atom stereocenters. The van der Waals surface area contributed by atoms with Crippen molar-refractivity contribution in [3.05, 3.63) is 53.3 Å². The summed E-state index contributed by atoms with van der Waals surface area (Å²) in [4.78, 5) is 12.2. The van der Waals surface area contributed by atoms with Crippen LogP contribution < -0.4 is 15.8 Å². The standard InChI is InChI=1S/C15H15FN2O2/c1-9-4-3-5-12(16)14(9)18-15(19)11-8-10(20-2)6-7-13(11)17/h3-8H,17H2,1-2H3,(H,18,19). The predicted molar refractivity (Wildman–Crippen MR) is 76.5 cm³/mol. The molecule has 0 aromatic heterocycles. The third kappa shape index (κ3) is 2.71. The van der Waals surface area contributed by atoms with Crippen LogP contribution in [-0.2, 0) is 0 Å². The molecule has 1 amide bonds. The Bertz CT molecular complexity index is 636. The number of nitrogens with two attached hydrogens (primary N) is 1. The van der Waals surface area contributed by atoms with Gasteiger partial charge in [0, 0.05) is 5.69 Å². The number of nitrogens with one attached hydrogen (secondary N) is 1. The van der Waals surface area contributed by atoms with Crippen molar-refractivity contribution < 1.29 is 13.9 Å². The van der Waals surface area contributed by atoms with Gasteiger partial charge in [0.05, 0.1) is 18.4 Å². The predicted octanol–water partition coefficient (Wildman–Crippen LogP) is 2.98. The minimum Gasteiger partial charge on any atom is -0.497 e. The Hall–Kier alpha value is -2.56. The van der Waals surface area contributed by atoms with Gasteiger partial charge in [-0.2, -0.15) is 0 Å². The number of hydrogen-bond donors (Lipinski definition) is 2. The second-order valence-corrected chi connectivity index (χ2v) is 4.34. The summed E-state index contributed by atoms with van der Waals surface area (Å²) in [7, 11) is 1.49. The fraction of sp³-hybridized carbons (Fsp3) is 0.133. The topological polar surface area (TPSA) is 64.3 Å². The molecule has 0 aliphatic rings. The van der Waals surface area contributed by atoms with Gasteiger partial charge >= 0.3 is 0 Å². The van der Waals surface area contributed by atoms with Crippen LogP contribution in [0.3, 0.4) is 0 Å². The quantitative estimate of drug-likeness (QED) is 0.846. The van der Waals surface area contributed by atoms with E-state index >= 15 is 0 Å². The van der Waals surface area contributed by atoms with E-state index in [9.17, 15) is 9.18 Å². The highest BCUT2D eigenvalue weighted by atomic mass is 19.1. The lowest BCUT2D eigenvalue weighted by Gasteiger charge is -2.11. The summed E-state index contributed by atoms with van der Waals surface area (Å²) in [6.45, 7) is 1.72. The maximum absolute atomic E-state index is 13.7. The van der Waals surface area contributed by atoms with Crippen LogP contribution in [0.2, 0.25) is 0 Å². The van der Waals surface area contributed by atoms with E-state index in [1.165, 1.54) is 19.2 Å². The monoisotopic (exact) mass is 274 g/mol. The van der Waals surface area contributed by atoms with Crippen LogP contribution in [0.25, 0.3) is 0 Å². The molecule has 0 saturated heterocycles. The van der Waals surface area contributed by atoms with Gasteiger partial charge in [-0.25, -0.2) is 4.39 Å². The smallest absolute Gasteiger partial charge is 0.257 e. The Labute approximate surface area is 116 Å². The molecule has 0 bridgehead atoms. The van der Waals surface area contributed by atoms with Crippen LogP contribution in [-0.4, -0.2) is 13.0 Å². The molecule has 20 heavy (non-hydrogen) atoms. The molecule has 0 saturated carbocycles. The lowest BCUT2D eigenvalue weighted by Crippen LogP contribution is -2.16. The van der Waals surface area contributed by atoms with Crippen molar-refractivity contribution >= 4 is 17.3 Å². The molecular formula is C15H15FN2O2. The summed E-state index contributed by atoms with van der Waals surface area (Å²) in [6.07, 6.45) is 0. The molecule has 0 fully saturated rings. The molecule has 2 aromatic rings. The number of aryl methyl sites for hydroxylation is 1. The molecule has 0 heterocycles. The molecule has 2 aromatic carbocycles. The van der Waals surface area contributed by atoms with Gasteiger partial charge in [0.2, 0.25) is 0 Å². The second kappa shape index (κ2) is 5.61. The van der Waals surface area contributed by atoms with Crippen LogP contribution in [0.15, 0.2) is 36.4 Å². The number of carbonyl (C=O) groups is 1. The number of methoxy groups -OCH3 is 1. The number of halogens is 1. The van der Waals surface area contributed by atoms with Crippen molar-refractivity contribution in [3.63, 3.8) is 0 Å². The van der Waals surface area contributed by atoms with Crippen LogP contribution in [0, 0.1) is 12.7 Å². The van der Waals surface area contributed by atoms with Gasteiger partial charge in [-0.05, 0) is 36.8 Å². The van der Waals surface area contributed by atoms with E-state index in [1.54, 1.807) is 31.2 Å². The molecule has 2 rings (SSSR count). The minimum absolute atomic E-state index is 0.153. The van der Waals surface area contributed by atoms with E-state index < -0.39 is 11.7 Å². The van der Waals surface area contributed by atoms with Crippen molar-refractivity contribution in [2.45, 2.75) is 6.92 Å². The van der Waals surface area contributed by atoms with E-state index in [0.29, 0.717) is 17.0 Å². The van der Waals surface area contributed by atoms with Crippen molar-refractivity contribution in [2.75, 3.05) is 18.2 Å². The maximum atomic E-state index is 13.7. The fourth-order valence-corrected chi connectivity index (χ4v) is 1.83. The zero-order valence-electron chi connectivity index (χ0n) is 11.2. The van der Waals surface area contributed by atoms with E-state index in [-0.39, 0.29) is 11.3 Å². The molecule has 5 heteroatoms. The number of para-hydroxylation sites is 1. The molecule has 0 aliphatic heterocycles. The highest BCUT2D eigenvalue weighted by molar-refractivity contribution is 6.08. The maximum Gasteiger partial charge on any atom is 0.257 e. The highest BCUT2D eigenvalue weighted by Crippen LogP contribution is 2.23. The summed E-state index contributed by atoms with van der Waals surface area (Å²) in [5.41, 5.74) is 7.10. The summed E-state index contributed by atoms with van der Waals surface area (Å²) in [5.74, 6) is -0.455. The van der Waals surface area contributed by atoms with Crippen molar-refractivity contribution in [3.8, 4) is 5.75 Å². The summed E-state index contributed by atoms with van der Waals surface area (Å²) >= 11 is 0. The Morgan fingerprint density at radius 2 is 2.05 bits per heavy atom. The highest BCUT2D eigenvalue weighted by Gasteiger charge is 2.14. The normalized spacial score (nSPS) is 10.2. The van der Waals surface area contributed by atoms with Gasteiger partial charge in [-0.15, -0.1) is 0 Å². The molecule has 0 atom stereocenters. The summed E-state index contributed by atoms with van der Waals surface area (Å²) in [5, 5.41) is 2.54. The van der Waals surface area contributed by atoms with Crippen LogP contribution in [0.1, 0.15) is 15.9 Å². The van der Waals surface area contributed by atoms with Gasteiger partial charge in [-0.1, -0.05) is 12.1 Å². The first-order valence-electron chi connectivity index (χ1n) is 6.03. The fourth-order valence-electron chi connectivity index (χ4n) is 1.83. The van der Waals surface area contributed by atoms with Gasteiger partial charge in [0.1, 0.15) is 11.6 Å². The number of carbonyl (C=O) groups excluding carboxylic acids is 1. The van der Waals surface area contributed by atoms with E-state index in [2.05, 4.69) is 5.32 Å². The van der Waals surface area contributed by atoms with Crippen molar-refractivity contribution in [2.24, 2.45) is 0 Å². The summed E-state index contributed by atoms with van der Waals surface area (Å²) in [6, 6.07) is 9.33. The van der Waals surface area contributed by atoms with Gasteiger partial charge in [-0.3, -0.25) is 4.79 Å². The second-order valence-electron chi connectivity index (χ2n) is 4.34. The molecule has 3 N–H and O–H groups in total. The number of anilines is 2. The lowest BCUT2D eigenvalue weighted by atomic mass is 10.1. The van der Waals surface area contributed by atoms with Gasteiger partial charge < -0.3 is 15.8 Å². The number of benzene rings is 2. The first-order chi connectivity index (χ1) is 9.52. The number of nitrogen functional groups attached to an aromatic ring is 1. The molecule has 4 nitrogen and oxygen atoms in total. The van der Waals surface area contributed by atoms with Crippen LogP contribution in [0.4, 0.5) is 15.8 Å². The Balaban J connectivity index is 2.33. The average Bonchev–Trinajstić information content (AvgIpc) is 2.43. The molecule has 0 aliphatic carbocycles. The van der Waals surface area contributed by atoms with Crippen molar-refractivity contribution in [1.82, 2.24) is 0 Å². The Morgan fingerprint density at radius 3 is 2.70 bits per heavy atom. The van der Waals surface area contributed by atoms with E-state index in [4.69, 9.17) is 10.5 Å². The third-order valence-corrected chi connectivity index (χ3v) is 2.97. The van der Waals surface area contributed by atoms with Gasteiger partial charge in [0.15, 0.2) is 0 Å². The Kier molecular flexibility index (Phi) is 3.89. The molecule has 0 spiro atoms. The molecule has 0 radical (unpaired) electrons. The van der Waals surface area contributed by atoms with Crippen molar-refractivity contribution in [1.29, 1.82) is 0 Å². The first kappa shape index (κ1) is 13.9. The largest absolute Gasteiger partial charge is 0.497 e. The average molecular weight is 274 g/mol. The molecular weight excluding hydrogens is 259 g/mol. The van der Waals surface area contributed by atoms with Crippen LogP contribution >= 0.6 is 0 Å². The third-order valence-electron chi connectivity index (χ3n) is 2.97. The zero-order valence-corrected chi connectivity index (χ0v) is 11.2. The Morgan fingerprint density at radius 1 is 1.30 bits per heavy atom. The molecule has 104 valence electrons. The van der Waals surface area contributed by atoms with Gasteiger partial charge in [0.25, 0.3) is 5.91 Å². The summed E-state index contributed by atoms with van der Waals surface area (Å²) < 4.78 is 18.7. The van der Waals surface area contributed by atoms with E-state index in [0.717, 1.165) is 0 Å². The minimum atomic E-state index is -0.486. The lowest BCUT2D eigenvalue weighted by molar-refractivity contribution is 0.102. The first-order valence-corrected chi connectivity index (χ1v) is 6.03. The van der Waals surface area contributed by atoms with E-state index in [1.807, 2.05) is 0 Å². The zero-order chi connectivity index (χ0) is 14.7. The number of rotatable bonds is 3. The number of hydrogen-bond acceptors (Lipinski definition) is 3.